The lowest BCUT2D eigenvalue weighted by atomic mass is 9.84. The zero-order valence-electron chi connectivity index (χ0n) is 11.2. The molecule has 2 rings (SSSR count). The summed E-state index contributed by atoms with van der Waals surface area (Å²) in [6.45, 7) is 5.26. The molecule has 0 saturated carbocycles. The number of nitrogens with zero attached hydrogens (tertiary/aromatic N) is 1. The largest absolute Gasteiger partial charge is 0.333 e. The number of rotatable bonds is 3. The monoisotopic (exact) mass is 344 g/mol. The minimum atomic E-state index is -0.263. The average Bonchev–Trinajstić information content (AvgIpc) is 2.43. The van der Waals surface area contributed by atoms with Crippen molar-refractivity contribution in [1.82, 2.24) is 0 Å². The van der Waals surface area contributed by atoms with E-state index in [4.69, 9.17) is 0 Å². The van der Waals surface area contributed by atoms with Gasteiger partial charge in [-0.1, -0.05) is 41.5 Å². The summed E-state index contributed by atoms with van der Waals surface area (Å²) >= 11 is 4.94. The first-order valence-electron chi connectivity index (χ1n) is 6.48. The topological polar surface area (TPSA) is 24.4 Å². The van der Waals surface area contributed by atoms with Crippen molar-refractivity contribution in [3.8, 4) is 0 Å². The zero-order chi connectivity index (χ0) is 13.9. The highest BCUT2D eigenvalue weighted by Crippen LogP contribution is 2.35. The van der Waals surface area contributed by atoms with Crippen molar-refractivity contribution < 1.29 is 4.39 Å². The standard InChI is InChI=1S/C14H18BrFN2S/c1-3-14(4-2)8-17-13(19-9-14)18-12-6-5-10(15)7-11(12)16/h5-7H,3-4,8-9H2,1-2H3,(H,17,18). The summed E-state index contributed by atoms with van der Waals surface area (Å²) in [6, 6.07) is 5.00. The summed E-state index contributed by atoms with van der Waals surface area (Å²) in [5.74, 6) is 0.782. The molecule has 1 aromatic rings. The van der Waals surface area contributed by atoms with E-state index in [1.807, 2.05) is 6.07 Å². The second-order valence-electron chi connectivity index (χ2n) is 4.87. The van der Waals surface area contributed by atoms with Crippen molar-refractivity contribution in [1.29, 1.82) is 0 Å². The maximum absolute atomic E-state index is 13.7. The van der Waals surface area contributed by atoms with Gasteiger partial charge in [-0.05, 0) is 36.5 Å². The van der Waals surface area contributed by atoms with Gasteiger partial charge in [0.1, 0.15) is 5.82 Å². The number of halogens is 2. The Balaban J connectivity index is 2.07. The highest BCUT2D eigenvalue weighted by atomic mass is 79.9. The molecular weight excluding hydrogens is 327 g/mol. The molecule has 1 aliphatic heterocycles. The Bertz CT molecular complexity index is 486. The van der Waals surface area contributed by atoms with E-state index in [1.54, 1.807) is 17.8 Å². The van der Waals surface area contributed by atoms with Crippen molar-refractivity contribution in [2.45, 2.75) is 26.7 Å². The van der Waals surface area contributed by atoms with Gasteiger partial charge in [-0.3, -0.25) is 4.99 Å². The second-order valence-corrected chi connectivity index (χ2v) is 6.75. The van der Waals surface area contributed by atoms with Gasteiger partial charge in [0.05, 0.1) is 5.69 Å². The number of benzene rings is 1. The van der Waals surface area contributed by atoms with Gasteiger partial charge in [0.15, 0.2) is 5.17 Å². The molecule has 2 nitrogen and oxygen atoms in total. The van der Waals surface area contributed by atoms with Crippen molar-refractivity contribution in [3.05, 3.63) is 28.5 Å². The number of aliphatic imine (C=N–C) groups is 1. The van der Waals surface area contributed by atoms with Crippen molar-refractivity contribution in [2.75, 3.05) is 17.6 Å². The molecule has 5 heteroatoms. The van der Waals surface area contributed by atoms with Crippen molar-refractivity contribution in [3.63, 3.8) is 0 Å². The molecule has 0 aliphatic carbocycles. The first kappa shape index (κ1) is 14.9. The molecule has 1 heterocycles. The lowest BCUT2D eigenvalue weighted by Crippen LogP contribution is -2.32. The van der Waals surface area contributed by atoms with Gasteiger partial charge in [0.2, 0.25) is 0 Å². The number of anilines is 1. The highest BCUT2D eigenvalue weighted by Gasteiger charge is 2.30. The van der Waals surface area contributed by atoms with Crippen LogP contribution in [0.5, 0.6) is 0 Å². The summed E-state index contributed by atoms with van der Waals surface area (Å²) < 4.78 is 14.5. The van der Waals surface area contributed by atoms with Crippen LogP contribution >= 0.6 is 27.7 Å². The van der Waals surface area contributed by atoms with Gasteiger partial charge in [-0.15, -0.1) is 0 Å². The maximum Gasteiger partial charge on any atom is 0.161 e. The third-order valence-corrected chi connectivity index (χ3v) is 5.50. The van der Waals surface area contributed by atoms with Crippen LogP contribution in [0.25, 0.3) is 0 Å². The Morgan fingerprint density at radius 2 is 2.16 bits per heavy atom. The number of nitrogens with one attached hydrogen (secondary N) is 1. The molecule has 19 heavy (non-hydrogen) atoms. The third kappa shape index (κ3) is 3.51. The molecule has 1 aliphatic rings. The van der Waals surface area contributed by atoms with Gasteiger partial charge in [-0.25, -0.2) is 4.39 Å². The Hall–Kier alpha value is -0.550. The van der Waals surface area contributed by atoms with E-state index in [0.29, 0.717) is 11.1 Å². The van der Waals surface area contributed by atoms with E-state index >= 15 is 0 Å². The van der Waals surface area contributed by atoms with Crippen LogP contribution in [0.1, 0.15) is 26.7 Å². The van der Waals surface area contributed by atoms with E-state index in [9.17, 15) is 4.39 Å². The average molecular weight is 345 g/mol. The van der Waals surface area contributed by atoms with Crippen molar-refractivity contribution in [2.24, 2.45) is 10.4 Å². The van der Waals surface area contributed by atoms with E-state index in [-0.39, 0.29) is 5.82 Å². The van der Waals surface area contributed by atoms with Crippen LogP contribution in [-0.2, 0) is 0 Å². The van der Waals surface area contributed by atoms with Crippen LogP contribution in [0.4, 0.5) is 10.1 Å². The molecule has 1 aromatic carbocycles. The van der Waals surface area contributed by atoms with E-state index in [0.717, 1.165) is 34.8 Å². The normalized spacial score (nSPS) is 18.0. The summed E-state index contributed by atoms with van der Waals surface area (Å²) in [4.78, 5) is 4.57. The number of amidine groups is 1. The summed E-state index contributed by atoms with van der Waals surface area (Å²) in [5, 5.41) is 3.90. The van der Waals surface area contributed by atoms with Crippen LogP contribution in [0, 0.1) is 11.2 Å². The van der Waals surface area contributed by atoms with Crippen molar-refractivity contribution >= 4 is 38.5 Å². The summed E-state index contributed by atoms with van der Waals surface area (Å²) in [6.07, 6.45) is 2.28. The maximum atomic E-state index is 13.7. The summed E-state index contributed by atoms with van der Waals surface area (Å²) in [5.41, 5.74) is 0.795. The zero-order valence-corrected chi connectivity index (χ0v) is 13.6. The smallest absolute Gasteiger partial charge is 0.161 e. The summed E-state index contributed by atoms with van der Waals surface area (Å²) in [7, 11) is 0. The minimum absolute atomic E-state index is 0.263. The Labute approximate surface area is 126 Å². The fourth-order valence-corrected chi connectivity index (χ4v) is 3.63. The van der Waals surface area contributed by atoms with Gasteiger partial charge in [0.25, 0.3) is 0 Å². The Kier molecular flexibility index (Phi) is 4.90. The van der Waals surface area contributed by atoms with E-state index in [1.165, 1.54) is 6.07 Å². The number of hydrogen-bond acceptors (Lipinski definition) is 3. The van der Waals surface area contributed by atoms with Crippen LogP contribution in [0.2, 0.25) is 0 Å². The molecule has 1 N–H and O–H groups in total. The lowest BCUT2D eigenvalue weighted by molar-refractivity contribution is 0.318. The molecule has 0 saturated heterocycles. The molecule has 0 spiro atoms. The predicted octanol–water partition coefficient (Wildman–Crippen LogP) is 4.91. The fourth-order valence-electron chi connectivity index (χ4n) is 2.01. The molecule has 0 amide bonds. The van der Waals surface area contributed by atoms with Gasteiger partial charge in [0, 0.05) is 16.8 Å². The molecule has 104 valence electrons. The van der Waals surface area contributed by atoms with Crippen LogP contribution in [0.15, 0.2) is 27.7 Å². The van der Waals surface area contributed by atoms with Gasteiger partial charge in [-0.2, -0.15) is 0 Å². The SMILES string of the molecule is CCC1(CC)CN=C(Nc2ccc(Br)cc2F)SC1. The molecule has 0 unspecified atom stereocenters. The fraction of sp³-hybridized carbons (Fsp3) is 0.500. The van der Waals surface area contributed by atoms with E-state index in [2.05, 4.69) is 40.1 Å². The molecule has 0 fully saturated rings. The first-order valence-corrected chi connectivity index (χ1v) is 8.26. The Morgan fingerprint density at radius 1 is 1.42 bits per heavy atom. The van der Waals surface area contributed by atoms with Crippen LogP contribution < -0.4 is 5.32 Å². The third-order valence-electron chi connectivity index (χ3n) is 3.75. The van der Waals surface area contributed by atoms with Crippen LogP contribution in [0.3, 0.4) is 0 Å². The lowest BCUT2D eigenvalue weighted by Gasteiger charge is -2.33. The quantitative estimate of drug-likeness (QED) is 0.842. The first-order chi connectivity index (χ1) is 9.08. The predicted molar refractivity (Wildman–Crippen MR) is 85.5 cm³/mol. The molecular formula is C14H18BrFN2S. The minimum Gasteiger partial charge on any atom is -0.333 e. The molecule has 0 aromatic heterocycles. The second kappa shape index (κ2) is 6.27. The Morgan fingerprint density at radius 3 is 2.68 bits per heavy atom. The van der Waals surface area contributed by atoms with Gasteiger partial charge >= 0.3 is 0 Å². The van der Waals surface area contributed by atoms with Crippen LogP contribution in [-0.4, -0.2) is 17.5 Å². The molecule has 0 bridgehead atoms. The molecule has 0 radical (unpaired) electrons. The number of thioether (sulfide) groups is 1. The molecule has 0 atom stereocenters. The highest BCUT2D eigenvalue weighted by molar-refractivity contribution is 9.10. The number of hydrogen-bond donors (Lipinski definition) is 1. The van der Waals surface area contributed by atoms with Gasteiger partial charge < -0.3 is 5.32 Å². The van der Waals surface area contributed by atoms with E-state index < -0.39 is 0 Å².